The van der Waals surface area contributed by atoms with Gasteiger partial charge in [0.05, 0.1) is 17.5 Å². The molecule has 2 saturated carbocycles. The van der Waals surface area contributed by atoms with Crippen molar-refractivity contribution in [2.75, 3.05) is 0 Å². The van der Waals surface area contributed by atoms with Gasteiger partial charge in [0.1, 0.15) is 0 Å². The molecule has 1 heterocycles. The molecule has 0 spiro atoms. The fourth-order valence-corrected chi connectivity index (χ4v) is 4.41. The van der Waals surface area contributed by atoms with E-state index in [4.69, 9.17) is 17.3 Å². The lowest BCUT2D eigenvalue weighted by Gasteiger charge is -2.31. The number of benzene rings is 1. The molecule has 26 heavy (non-hydrogen) atoms. The van der Waals surface area contributed by atoms with Gasteiger partial charge in [-0.15, -0.1) is 0 Å². The zero-order chi connectivity index (χ0) is 18.1. The Morgan fingerprint density at radius 2 is 1.58 bits per heavy atom. The highest BCUT2D eigenvalue weighted by Gasteiger charge is 2.30. The first-order valence-corrected chi connectivity index (χ1v) is 10.2. The Kier molecular flexibility index (Phi) is 5.30. The number of hydrogen-bond acceptors (Lipinski definition) is 3. The van der Waals surface area contributed by atoms with Crippen molar-refractivity contribution in [1.29, 1.82) is 0 Å². The fourth-order valence-electron chi connectivity index (χ4n) is 4.29. The van der Waals surface area contributed by atoms with Crippen LogP contribution in [0.3, 0.4) is 0 Å². The standard InChI is InChI=1S/C22H27ClN2O/c23-19-9-7-15(8-10-19)14-3-5-17(6-4-14)22(26)21-12-18(16-1-2-16)11-20(13-24)25-21/h7-12,14,16-17,22,26H,1-6,13,24H2. The maximum Gasteiger partial charge on any atom is 0.0988 e. The predicted molar refractivity (Wildman–Crippen MR) is 105 cm³/mol. The second kappa shape index (κ2) is 7.67. The van der Waals surface area contributed by atoms with E-state index in [9.17, 15) is 5.11 Å². The molecular formula is C22H27ClN2O. The third kappa shape index (κ3) is 3.95. The summed E-state index contributed by atoms with van der Waals surface area (Å²) in [7, 11) is 0. The minimum Gasteiger partial charge on any atom is -0.387 e. The van der Waals surface area contributed by atoms with Crippen LogP contribution < -0.4 is 5.73 Å². The molecule has 0 bridgehead atoms. The molecule has 4 rings (SSSR count). The van der Waals surface area contributed by atoms with Crippen LogP contribution in [0.4, 0.5) is 0 Å². The highest BCUT2D eigenvalue weighted by molar-refractivity contribution is 6.30. The van der Waals surface area contributed by atoms with Gasteiger partial charge in [0, 0.05) is 11.6 Å². The lowest BCUT2D eigenvalue weighted by molar-refractivity contribution is 0.0770. The summed E-state index contributed by atoms with van der Waals surface area (Å²) < 4.78 is 0. The molecule has 0 radical (unpaired) electrons. The van der Waals surface area contributed by atoms with Crippen molar-refractivity contribution in [2.45, 2.75) is 63.0 Å². The Bertz CT molecular complexity index is 749. The zero-order valence-corrected chi connectivity index (χ0v) is 15.8. The molecule has 0 amide bonds. The van der Waals surface area contributed by atoms with E-state index in [-0.39, 0.29) is 5.92 Å². The topological polar surface area (TPSA) is 59.1 Å². The summed E-state index contributed by atoms with van der Waals surface area (Å²) >= 11 is 6.00. The van der Waals surface area contributed by atoms with E-state index >= 15 is 0 Å². The number of hydrogen-bond donors (Lipinski definition) is 2. The normalized spacial score (nSPS) is 24.4. The summed E-state index contributed by atoms with van der Waals surface area (Å²) in [5, 5.41) is 11.8. The van der Waals surface area contributed by atoms with Crippen molar-refractivity contribution in [1.82, 2.24) is 4.98 Å². The third-order valence-corrected chi connectivity index (χ3v) is 6.29. The summed E-state index contributed by atoms with van der Waals surface area (Å²) in [4.78, 5) is 4.63. The van der Waals surface area contributed by atoms with Gasteiger partial charge in [0.2, 0.25) is 0 Å². The van der Waals surface area contributed by atoms with Crippen LogP contribution in [-0.4, -0.2) is 10.1 Å². The molecule has 0 saturated heterocycles. The summed E-state index contributed by atoms with van der Waals surface area (Å²) in [5.41, 5.74) is 10.2. The molecular weight excluding hydrogens is 344 g/mol. The van der Waals surface area contributed by atoms with Gasteiger partial charge in [0.25, 0.3) is 0 Å². The summed E-state index contributed by atoms with van der Waals surface area (Å²) in [5.74, 6) is 1.50. The van der Waals surface area contributed by atoms with E-state index in [1.165, 1.54) is 24.0 Å². The molecule has 1 aromatic heterocycles. The lowest BCUT2D eigenvalue weighted by atomic mass is 9.76. The summed E-state index contributed by atoms with van der Waals surface area (Å²) in [6.07, 6.45) is 6.28. The second-order valence-corrected chi connectivity index (χ2v) is 8.34. The zero-order valence-electron chi connectivity index (χ0n) is 15.1. The first kappa shape index (κ1) is 18.0. The summed E-state index contributed by atoms with van der Waals surface area (Å²) in [6, 6.07) is 12.5. The highest BCUT2D eigenvalue weighted by Crippen LogP contribution is 2.43. The molecule has 1 atom stereocenters. The summed E-state index contributed by atoms with van der Waals surface area (Å²) in [6.45, 7) is 0.434. The van der Waals surface area contributed by atoms with Gasteiger partial charge < -0.3 is 10.8 Å². The van der Waals surface area contributed by atoms with Crippen molar-refractivity contribution < 1.29 is 5.11 Å². The van der Waals surface area contributed by atoms with E-state index in [1.54, 1.807) is 0 Å². The Balaban J connectivity index is 1.44. The van der Waals surface area contributed by atoms with Crippen LogP contribution >= 0.6 is 11.6 Å². The molecule has 2 aliphatic rings. The van der Waals surface area contributed by atoms with Crippen molar-refractivity contribution in [2.24, 2.45) is 11.7 Å². The number of halogens is 1. The molecule has 138 valence electrons. The number of aromatic nitrogens is 1. The smallest absolute Gasteiger partial charge is 0.0988 e. The van der Waals surface area contributed by atoms with Crippen LogP contribution in [0.25, 0.3) is 0 Å². The number of nitrogens with two attached hydrogens (primary N) is 1. The Labute approximate surface area is 160 Å². The third-order valence-electron chi connectivity index (χ3n) is 6.04. The number of nitrogens with zero attached hydrogens (tertiary/aromatic N) is 1. The van der Waals surface area contributed by atoms with Crippen LogP contribution in [0.5, 0.6) is 0 Å². The molecule has 2 aromatic rings. The van der Waals surface area contributed by atoms with Crippen molar-refractivity contribution >= 4 is 11.6 Å². The molecule has 4 heteroatoms. The number of rotatable bonds is 5. The lowest BCUT2D eigenvalue weighted by Crippen LogP contribution is -2.21. The van der Waals surface area contributed by atoms with Crippen LogP contribution in [0.2, 0.25) is 5.02 Å². The average molecular weight is 371 g/mol. The Hall–Kier alpha value is -1.42. The van der Waals surface area contributed by atoms with Gasteiger partial charge in [-0.25, -0.2) is 0 Å². The molecule has 2 aliphatic carbocycles. The Morgan fingerprint density at radius 1 is 0.962 bits per heavy atom. The van der Waals surface area contributed by atoms with Crippen LogP contribution in [0, 0.1) is 5.92 Å². The molecule has 0 aliphatic heterocycles. The van der Waals surface area contributed by atoms with Crippen molar-refractivity contribution in [3.05, 3.63) is 63.9 Å². The first-order chi connectivity index (χ1) is 12.6. The van der Waals surface area contributed by atoms with E-state index in [0.29, 0.717) is 18.4 Å². The highest BCUT2D eigenvalue weighted by atomic mass is 35.5. The van der Waals surface area contributed by atoms with Crippen LogP contribution in [0.1, 0.15) is 79.0 Å². The number of aliphatic hydroxyl groups excluding tert-OH is 1. The first-order valence-electron chi connectivity index (χ1n) is 9.78. The SMILES string of the molecule is NCc1cc(C2CC2)cc(C(O)C2CCC(c3ccc(Cl)cc3)CC2)n1. The van der Waals surface area contributed by atoms with E-state index < -0.39 is 6.10 Å². The molecule has 2 fully saturated rings. The van der Waals surface area contributed by atoms with Gasteiger partial charge >= 0.3 is 0 Å². The van der Waals surface area contributed by atoms with Crippen molar-refractivity contribution in [3.8, 4) is 0 Å². The maximum atomic E-state index is 11.0. The molecule has 1 unspecified atom stereocenters. The van der Waals surface area contributed by atoms with Gasteiger partial charge in [-0.3, -0.25) is 4.98 Å². The fraction of sp³-hybridized carbons (Fsp3) is 0.500. The van der Waals surface area contributed by atoms with E-state index in [2.05, 4.69) is 29.2 Å². The minimum absolute atomic E-state index is 0.283. The molecule has 3 nitrogen and oxygen atoms in total. The van der Waals surface area contributed by atoms with E-state index in [0.717, 1.165) is 42.1 Å². The minimum atomic E-state index is -0.481. The van der Waals surface area contributed by atoms with Crippen LogP contribution in [0.15, 0.2) is 36.4 Å². The predicted octanol–water partition coefficient (Wildman–Crippen LogP) is 5.08. The van der Waals surface area contributed by atoms with Crippen molar-refractivity contribution in [3.63, 3.8) is 0 Å². The Morgan fingerprint density at radius 3 is 2.19 bits per heavy atom. The molecule has 1 aromatic carbocycles. The number of aliphatic hydroxyl groups is 1. The van der Waals surface area contributed by atoms with Gasteiger partial charge in [-0.05, 0) is 91.7 Å². The van der Waals surface area contributed by atoms with E-state index in [1.807, 2.05) is 12.1 Å². The van der Waals surface area contributed by atoms with Gasteiger partial charge in [-0.2, -0.15) is 0 Å². The quantitative estimate of drug-likeness (QED) is 0.771. The van der Waals surface area contributed by atoms with Gasteiger partial charge in [0.15, 0.2) is 0 Å². The second-order valence-electron chi connectivity index (χ2n) is 7.90. The average Bonchev–Trinajstić information content (AvgIpc) is 3.53. The molecule has 3 N–H and O–H groups in total. The largest absolute Gasteiger partial charge is 0.387 e. The monoisotopic (exact) mass is 370 g/mol. The number of pyridine rings is 1. The maximum absolute atomic E-state index is 11.0. The van der Waals surface area contributed by atoms with Crippen LogP contribution in [-0.2, 0) is 6.54 Å². The van der Waals surface area contributed by atoms with Gasteiger partial charge in [-0.1, -0.05) is 23.7 Å².